The summed E-state index contributed by atoms with van der Waals surface area (Å²) in [4.78, 5) is 21.1. The first-order valence-corrected chi connectivity index (χ1v) is 4.49. The van der Waals surface area contributed by atoms with Gasteiger partial charge in [0.2, 0.25) is 0 Å². The Morgan fingerprint density at radius 3 is 1.53 bits per heavy atom. The summed E-state index contributed by atoms with van der Waals surface area (Å²) in [5.74, 6) is -0.957. The molecule has 0 atom stereocenters. The zero-order valence-electron chi connectivity index (χ0n) is 8.44. The Kier molecular flexibility index (Phi) is 8.64. The third-order valence-corrected chi connectivity index (χ3v) is 1.31. The van der Waals surface area contributed by atoms with Gasteiger partial charge in [-0.25, -0.2) is 0 Å². The van der Waals surface area contributed by atoms with Crippen LogP contribution in [0.3, 0.4) is 0 Å². The molecular formula is C8H16N2O5. The van der Waals surface area contributed by atoms with Crippen molar-refractivity contribution in [2.45, 2.75) is 0 Å². The lowest BCUT2D eigenvalue weighted by Crippen LogP contribution is -2.21. The largest absolute Gasteiger partial charge is 0.462 e. The fourth-order valence-corrected chi connectivity index (χ4v) is 0.649. The van der Waals surface area contributed by atoms with E-state index >= 15 is 0 Å². The summed E-state index contributed by atoms with van der Waals surface area (Å²) in [5.41, 5.74) is 10.00. The second kappa shape index (κ2) is 9.38. The van der Waals surface area contributed by atoms with Crippen molar-refractivity contribution >= 4 is 11.9 Å². The predicted octanol–water partition coefficient (Wildman–Crippen LogP) is -1.99. The number of carbonyl (C=O) groups excluding carboxylic acids is 2. The molecule has 0 fully saturated rings. The molecule has 0 aliphatic carbocycles. The highest BCUT2D eigenvalue weighted by atomic mass is 16.6. The van der Waals surface area contributed by atoms with E-state index in [-0.39, 0.29) is 39.5 Å². The van der Waals surface area contributed by atoms with Crippen molar-refractivity contribution in [1.29, 1.82) is 0 Å². The average molecular weight is 220 g/mol. The Morgan fingerprint density at radius 1 is 0.800 bits per heavy atom. The monoisotopic (exact) mass is 220 g/mol. The molecule has 0 saturated carbocycles. The number of esters is 2. The van der Waals surface area contributed by atoms with Gasteiger partial charge in [-0.2, -0.15) is 0 Å². The minimum absolute atomic E-state index is 0.140. The molecule has 0 saturated heterocycles. The number of carbonyl (C=O) groups is 2. The summed E-state index contributed by atoms with van der Waals surface area (Å²) in [6.07, 6.45) is 0. The third-order valence-electron chi connectivity index (χ3n) is 1.31. The lowest BCUT2D eigenvalue weighted by molar-refractivity contribution is -0.144. The molecule has 0 unspecified atom stereocenters. The quantitative estimate of drug-likeness (QED) is 0.359. The number of hydrogen-bond acceptors (Lipinski definition) is 7. The molecule has 0 aromatic rings. The van der Waals surface area contributed by atoms with Crippen LogP contribution < -0.4 is 11.5 Å². The van der Waals surface area contributed by atoms with Crippen LogP contribution in [0.5, 0.6) is 0 Å². The van der Waals surface area contributed by atoms with Crippen LogP contribution in [0.15, 0.2) is 0 Å². The molecule has 7 heteroatoms. The number of nitrogens with two attached hydrogens (primary N) is 2. The molecule has 0 aromatic carbocycles. The summed E-state index contributed by atoms with van der Waals surface area (Å²) in [6, 6.07) is 0. The zero-order valence-corrected chi connectivity index (χ0v) is 8.44. The Hall–Kier alpha value is -1.18. The van der Waals surface area contributed by atoms with Crippen molar-refractivity contribution in [3.63, 3.8) is 0 Å². The van der Waals surface area contributed by atoms with E-state index in [0.717, 1.165) is 0 Å². The van der Waals surface area contributed by atoms with Gasteiger partial charge in [0, 0.05) is 0 Å². The van der Waals surface area contributed by atoms with E-state index in [9.17, 15) is 9.59 Å². The number of rotatable bonds is 8. The first-order valence-electron chi connectivity index (χ1n) is 4.49. The maximum Gasteiger partial charge on any atom is 0.319 e. The van der Waals surface area contributed by atoms with Crippen molar-refractivity contribution in [2.75, 3.05) is 39.5 Å². The van der Waals surface area contributed by atoms with Crippen LogP contribution in [0.2, 0.25) is 0 Å². The lowest BCUT2D eigenvalue weighted by atomic mass is 10.6. The van der Waals surface area contributed by atoms with Gasteiger partial charge in [-0.05, 0) is 0 Å². The maximum absolute atomic E-state index is 10.5. The van der Waals surface area contributed by atoms with Crippen molar-refractivity contribution in [3.8, 4) is 0 Å². The van der Waals surface area contributed by atoms with E-state index in [4.69, 9.17) is 16.2 Å². The molecule has 0 aromatic heterocycles. The van der Waals surface area contributed by atoms with E-state index < -0.39 is 11.9 Å². The standard InChI is InChI=1S/C8H16N2O5/c9-5-7(11)14-3-1-13-2-4-15-8(12)6-10/h1-6,9-10H2. The minimum Gasteiger partial charge on any atom is -0.462 e. The molecule has 15 heavy (non-hydrogen) atoms. The Labute approximate surface area is 87.6 Å². The molecule has 0 spiro atoms. The molecular weight excluding hydrogens is 204 g/mol. The molecule has 0 heterocycles. The first-order chi connectivity index (χ1) is 7.20. The van der Waals surface area contributed by atoms with Gasteiger partial charge in [-0.3, -0.25) is 9.59 Å². The average Bonchev–Trinajstić information content (AvgIpc) is 2.26. The fraction of sp³-hybridized carbons (Fsp3) is 0.750. The first kappa shape index (κ1) is 13.8. The lowest BCUT2D eigenvalue weighted by Gasteiger charge is -2.05. The highest BCUT2D eigenvalue weighted by molar-refractivity contribution is 5.71. The third kappa shape index (κ3) is 9.13. The highest BCUT2D eigenvalue weighted by Gasteiger charge is 1.99. The van der Waals surface area contributed by atoms with Crippen LogP contribution in [0.4, 0.5) is 0 Å². The Balaban J connectivity index is 3.11. The van der Waals surface area contributed by atoms with Crippen LogP contribution >= 0.6 is 0 Å². The van der Waals surface area contributed by atoms with E-state index in [1.807, 2.05) is 0 Å². The molecule has 0 aliphatic rings. The second-order valence-corrected chi connectivity index (χ2v) is 2.46. The summed E-state index contributed by atoms with van der Waals surface area (Å²) >= 11 is 0. The second-order valence-electron chi connectivity index (χ2n) is 2.46. The van der Waals surface area contributed by atoms with Crippen LogP contribution in [0.25, 0.3) is 0 Å². The van der Waals surface area contributed by atoms with Crippen LogP contribution in [-0.2, 0) is 23.8 Å². The van der Waals surface area contributed by atoms with E-state index in [2.05, 4.69) is 9.47 Å². The SMILES string of the molecule is NCC(=O)OCCOCCOC(=O)CN. The Morgan fingerprint density at radius 2 is 1.20 bits per heavy atom. The van der Waals surface area contributed by atoms with Crippen molar-refractivity contribution in [2.24, 2.45) is 11.5 Å². The van der Waals surface area contributed by atoms with E-state index in [1.165, 1.54) is 0 Å². The maximum atomic E-state index is 10.5. The van der Waals surface area contributed by atoms with Crippen molar-refractivity contribution in [3.05, 3.63) is 0 Å². The molecule has 7 nitrogen and oxygen atoms in total. The summed E-state index contributed by atoms with van der Waals surface area (Å²) < 4.78 is 14.2. The van der Waals surface area contributed by atoms with Gasteiger partial charge in [0.25, 0.3) is 0 Å². The van der Waals surface area contributed by atoms with Crippen LogP contribution in [0, 0.1) is 0 Å². The van der Waals surface area contributed by atoms with Gasteiger partial charge >= 0.3 is 11.9 Å². The van der Waals surface area contributed by atoms with Crippen LogP contribution in [-0.4, -0.2) is 51.5 Å². The molecule has 4 N–H and O–H groups in total. The predicted molar refractivity (Wildman–Crippen MR) is 50.8 cm³/mol. The van der Waals surface area contributed by atoms with Gasteiger partial charge in [0.15, 0.2) is 0 Å². The van der Waals surface area contributed by atoms with Crippen LogP contribution in [0.1, 0.15) is 0 Å². The molecule has 0 amide bonds. The fourth-order valence-electron chi connectivity index (χ4n) is 0.649. The molecule has 0 bridgehead atoms. The smallest absolute Gasteiger partial charge is 0.319 e. The minimum atomic E-state index is -0.479. The summed E-state index contributed by atoms with van der Waals surface area (Å²) in [6.45, 7) is 0.474. The number of ether oxygens (including phenoxy) is 3. The van der Waals surface area contributed by atoms with E-state index in [1.54, 1.807) is 0 Å². The molecule has 0 rings (SSSR count). The summed E-state index contributed by atoms with van der Waals surface area (Å²) in [7, 11) is 0. The van der Waals surface area contributed by atoms with Gasteiger partial charge in [0.05, 0.1) is 26.3 Å². The highest BCUT2D eigenvalue weighted by Crippen LogP contribution is 1.81. The van der Waals surface area contributed by atoms with Gasteiger partial charge < -0.3 is 25.7 Å². The normalized spacial score (nSPS) is 9.73. The molecule has 0 aliphatic heterocycles. The topological polar surface area (TPSA) is 114 Å². The molecule has 0 radical (unpaired) electrons. The van der Waals surface area contributed by atoms with Crippen molar-refractivity contribution < 1.29 is 23.8 Å². The van der Waals surface area contributed by atoms with Crippen molar-refractivity contribution in [1.82, 2.24) is 0 Å². The molecule has 88 valence electrons. The number of hydrogen-bond donors (Lipinski definition) is 2. The Bertz CT molecular complexity index is 177. The zero-order chi connectivity index (χ0) is 11.5. The van der Waals surface area contributed by atoms with Gasteiger partial charge in [-0.1, -0.05) is 0 Å². The summed E-state index contributed by atoms with van der Waals surface area (Å²) in [5, 5.41) is 0. The van der Waals surface area contributed by atoms with Gasteiger partial charge in [0.1, 0.15) is 13.2 Å². The van der Waals surface area contributed by atoms with E-state index in [0.29, 0.717) is 0 Å². The van der Waals surface area contributed by atoms with Gasteiger partial charge in [-0.15, -0.1) is 0 Å².